The van der Waals surface area contributed by atoms with Crippen molar-refractivity contribution >= 4 is 5.97 Å². The molecule has 2 heteroatoms. The third-order valence-electron chi connectivity index (χ3n) is 1.97. The van der Waals surface area contributed by atoms with Crippen molar-refractivity contribution in [1.29, 1.82) is 0 Å². The summed E-state index contributed by atoms with van der Waals surface area (Å²) in [5.74, 6) is -0.0368. The van der Waals surface area contributed by atoms with E-state index in [0.29, 0.717) is 13.0 Å². The molecule has 0 bridgehead atoms. The summed E-state index contributed by atoms with van der Waals surface area (Å²) in [6.07, 6.45) is 10.2. The van der Waals surface area contributed by atoms with Crippen LogP contribution in [0.1, 0.15) is 38.5 Å². The molecule has 0 aromatic heterocycles. The van der Waals surface area contributed by atoms with E-state index in [1.165, 1.54) is 6.42 Å². The molecule has 0 amide bonds. The second kappa shape index (κ2) is 5.81. The van der Waals surface area contributed by atoms with E-state index >= 15 is 0 Å². The van der Waals surface area contributed by atoms with E-state index in [9.17, 15) is 4.79 Å². The average Bonchev–Trinajstić information content (AvgIpc) is 2.11. The van der Waals surface area contributed by atoms with Crippen LogP contribution < -0.4 is 0 Å². The highest BCUT2D eigenvalue weighted by Crippen LogP contribution is 2.06. The van der Waals surface area contributed by atoms with Gasteiger partial charge in [-0.3, -0.25) is 4.79 Å². The Kier molecular flexibility index (Phi) is 4.50. The van der Waals surface area contributed by atoms with Crippen molar-refractivity contribution in [2.75, 3.05) is 6.61 Å². The van der Waals surface area contributed by atoms with Crippen molar-refractivity contribution in [2.24, 2.45) is 0 Å². The predicted octanol–water partition coefficient (Wildman–Crippen LogP) is 2.44. The van der Waals surface area contributed by atoms with Crippen LogP contribution in [-0.2, 0) is 9.53 Å². The minimum absolute atomic E-state index is 0.0368. The van der Waals surface area contributed by atoms with Gasteiger partial charge in [-0.1, -0.05) is 18.6 Å². The van der Waals surface area contributed by atoms with Gasteiger partial charge in [-0.2, -0.15) is 0 Å². The molecule has 12 heavy (non-hydrogen) atoms. The highest BCUT2D eigenvalue weighted by atomic mass is 16.5. The largest absolute Gasteiger partial charge is 0.465 e. The predicted molar refractivity (Wildman–Crippen MR) is 47.8 cm³/mol. The molecule has 0 unspecified atom stereocenters. The number of carbonyl (C=O) groups is 1. The lowest BCUT2D eigenvalue weighted by molar-refractivity contribution is -0.143. The number of hydrogen-bond donors (Lipinski definition) is 0. The Labute approximate surface area is 73.6 Å². The molecule has 0 aromatic carbocycles. The average molecular weight is 168 g/mol. The minimum atomic E-state index is -0.0368. The molecule has 0 N–H and O–H groups in total. The third kappa shape index (κ3) is 4.16. The summed E-state index contributed by atoms with van der Waals surface area (Å²) in [7, 11) is 0. The smallest absolute Gasteiger partial charge is 0.305 e. The Morgan fingerprint density at radius 2 is 1.92 bits per heavy atom. The second-order valence-electron chi connectivity index (χ2n) is 3.08. The first kappa shape index (κ1) is 9.30. The maximum atomic E-state index is 11.0. The molecule has 0 atom stereocenters. The van der Waals surface area contributed by atoms with Gasteiger partial charge < -0.3 is 4.74 Å². The monoisotopic (exact) mass is 168 g/mol. The first-order chi connectivity index (χ1) is 5.89. The van der Waals surface area contributed by atoms with Crippen LogP contribution in [0.25, 0.3) is 0 Å². The van der Waals surface area contributed by atoms with Crippen LogP contribution in [0.15, 0.2) is 12.2 Å². The van der Waals surface area contributed by atoms with Crippen molar-refractivity contribution in [3.8, 4) is 0 Å². The van der Waals surface area contributed by atoms with Gasteiger partial charge in [0.2, 0.25) is 0 Å². The maximum Gasteiger partial charge on any atom is 0.305 e. The Balaban J connectivity index is 2.26. The minimum Gasteiger partial charge on any atom is -0.465 e. The normalized spacial score (nSPS) is 23.8. The fraction of sp³-hybridized carbons (Fsp3) is 0.700. The molecule has 0 aromatic rings. The van der Waals surface area contributed by atoms with Crippen molar-refractivity contribution in [3.05, 3.63) is 12.2 Å². The Morgan fingerprint density at radius 3 is 2.83 bits per heavy atom. The van der Waals surface area contributed by atoms with Crippen molar-refractivity contribution < 1.29 is 9.53 Å². The molecule has 68 valence electrons. The SMILES string of the molecule is O=C1CCCCC/C=C/CCO1. The Hall–Kier alpha value is -0.790. The van der Waals surface area contributed by atoms with Gasteiger partial charge in [0.25, 0.3) is 0 Å². The number of esters is 1. The number of hydrogen-bond acceptors (Lipinski definition) is 2. The third-order valence-corrected chi connectivity index (χ3v) is 1.97. The number of ether oxygens (including phenoxy) is 1. The molecule has 1 rings (SSSR count). The summed E-state index contributed by atoms with van der Waals surface area (Å²) in [5.41, 5.74) is 0. The van der Waals surface area contributed by atoms with Crippen molar-refractivity contribution in [2.45, 2.75) is 38.5 Å². The quantitative estimate of drug-likeness (QED) is 0.410. The maximum absolute atomic E-state index is 11.0. The van der Waals surface area contributed by atoms with Gasteiger partial charge in [-0.15, -0.1) is 0 Å². The zero-order valence-corrected chi connectivity index (χ0v) is 7.42. The van der Waals surface area contributed by atoms with Gasteiger partial charge in [0.15, 0.2) is 0 Å². The molecule has 0 aliphatic carbocycles. The number of rotatable bonds is 0. The van der Waals surface area contributed by atoms with Gasteiger partial charge in [-0.05, 0) is 25.7 Å². The summed E-state index contributed by atoms with van der Waals surface area (Å²) in [6, 6.07) is 0. The van der Waals surface area contributed by atoms with Gasteiger partial charge >= 0.3 is 5.97 Å². The van der Waals surface area contributed by atoms with Crippen LogP contribution in [0.3, 0.4) is 0 Å². The highest BCUT2D eigenvalue weighted by molar-refractivity contribution is 5.69. The Bertz CT molecular complexity index is 161. The zero-order chi connectivity index (χ0) is 8.65. The van der Waals surface area contributed by atoms with E-state index in [0.717, 1.165) is 25.7 Å². The van der Waals surface area contributed by atoms with E-state index in [2.05, 4.69) is 12.2 Å². The van der Waals surface area contributed by atoms with E-state index in [1.54, 1.807) is 0 Å². The molecule has 2 nitrogen and oxygen atoms in total. The Morgan fingerprint density at radius 1 is 1.08 bits per heavy atom. The van der Waals surface area contributed by atoms with Crippen LogP contribution in [0.5, 0.6) is 0 Å². The summed E-state index contributed by atoms with van der Waals surface area (Å²) < 4.78 is 4.98. The van der Waals surface area contributed by atoms with E-state index in [1.807, 2.05) is 0 Å². The molecule has 0 saturated carbocycles. The standard InChI is InChI=1S/C10H16O2/c11-10-8-6-4-2-1-3-5-7-9-12-10/h3,5H,1-2,4,6-9H2/b5-3+. The molecule has 1 heterocycles. The van der Waals surface area contributed by atoms with E-state index in [-0.39, 0.29) is 5.97 Å². The van der Waals surface area contributed by atoms with Crippen LogP contribution >= 0.6 is 0 Å². The molecule has 0 fully saturated rings. The van der Waals surface area contributed by atoms with Gasteiger partial charge in [0, 0.05) is 6.42 Å². The first-order valence-corrected chi connectivity index (χ1v) is 4.70. The molecular weight excluding hydrogens is 152 g/mol. The highest BCUT2D eigenvalue weighted by Gasteiger charge is 2.01. The lowest BCUT2D eigenvalue weighted by Crippen LogP contribution is -2.04. The number of cyclic esters (lactones) is 1. The van der Waals surface area contributed by atoms with Crippen LogP contribution in [0, 0.1) is 0 Å². The fourth-order valence-corrected chi connectivity index (χ4v) is 1.26. The summed E-state index contributed by atoms with van der Waals surface area (Å²) in [6.45, 7) is 0.551. The number of allylic oxidation sites excluding steroid dienone is 1. The van der Waals surface area contributed by atoms with E-state index in [4.69, 9.17) is 4.74 Å². The molecule has 1 aliphatic rings. The topological polar surface area (TPSA) is 26.3 Å². The molecule has 1 aliphatic heterocycles. The van der Waals surface area contributed by atoms with Gasteiger partial charge in [0.1, 0.15) is 0 Å². The molecular formula is C10H16O2. The van der Waals surface area contributed by atoms with Gasteiger partial charge in [-0.25, -0.2) is 0 Å². The van der Waals surface area contributed by atoms with Crippen molar-refractivity contribution in [1.82, 2.24) is 0 Å². The lowest BCUT2D eigenvalue weighted by Gasteiger charge is -2.00. The second-order valence-corrected chi connectivity index (χ2v) is 3.08. The van der Waals surface area contributed by atoms with Crippen LogP contribution in [-0.4, -0.2) is 12.6 Å². The summed E-state index contributed by atoms with van der Waals surface area (Å²) in [5, 5.41) is 0. The summed E-state index contributed by atoms with van der Waals surface area (Å²) >= 11 is 0. The molecule has 0 radical (unpaired) electrons. The van der Waals surface area contributed by atoms with Crippen LogP contribution in [0.4, 0.5) is 0 Å². The molecule has 0 spiro atoms. The number of carbonyl (C=O) groups excluding carboxylic acids is 1. The van der Waals surface area contributed by atoms with Crippen LogP contribution in [0.2, 0.25) is 0 Å². The zero-order valence-electron chi connectivity index (χ0n) is 7.42. The summed E-state index contributed by atoms with van der Waals surface area (Å²) in [4.78, 5) is 11.0. The van der Waals surface area contributed by atoms with Gasteiger partial charge in [0.05, 0.1) is 6.61 Å². The van der Waals surface area contributed by atoms with Crippen molar-refractivity contribution in [3.63, 3.8) is 0 Å². The first-order valence-electron chi connectivity index (χ1n) is 4.70. The fourth-order valence-electron chi connectivity index (χ4n) is 1.26. The van der Waals surface area contributed by atoms with E-state index < -0.39 is 0 Å². The lowest BCUT2D eigenvalue weighted by atomic mass is 10.1. The molecule has 0 saturated heterocycles.